The average Bonchev–Trinajstić information content (AvgIpc) is 3.39. The fraction of sp³-hybridized carbons (Fsp3) is 0.348. The summed E-state index contributed by atoms with van der Waals surface area (Å²) >= 11 is 0.655. The van der Waals surface area contributed by atoms with E-state index in [1.165, 1.54) is 19.6 Å². The van der Waals surface area contributed by atoms with Gasteiger partial charge in [-0.05, 0) is 55.3 Å². The molecular weight excluding hydrogens is 487 g/mol. The first kappa shape index (κ1) is 24.7. The molecule has 2 aliphatic rings. The van der Waals surface area contributed by atoms with Gasteiger partial charge in [-0.3, -0.25) is 19.3 Å². The number of nitrogens with one attached hydrogen (secondary N) is 1. The SMILES string of the molecule is COc1ccc(C(F)(F)F)cc1NC(=O)CN1C(=O)S/C(=C\c2ccc(N3CCCCC3)o2)C1=O. The number of hydrogen-bond donors (Lipinski definition) is 1. The predicted molar refractivity (Wildman–Crippen MR) is 124 cm³/mol. The quantitative estimate of drug-likeness (QED) is 0.550. The molecule has 2 fully saturated rings. The van der Waals surface area contributed by atoms with Crippen LogP contribution in [0.15, 0.2) is 39.7 Å². The normalized spacial score (nSPS) is 17.9. The summed E-state index contributed by atoms with van der Waals surface area (Å²) in [6.07, 6.45) is 0.132. The van der Waals surface area contributed by atoms with Crippen molar-refractivity contribution >= 4 is 46.5 Å². The highest BCUT2D eigenvalue weighted by Crippen LogP contribution is 2.36. The van der Waals surface area contributed by atoms with Crippen LogP contribution in [0.2, 0.25) is 0 Å². The number of amides is 3. The highest BCUT2D eigenvalue weighted by atomic mass is 32.2. The van der Waals surface area contributed by atoms with Crippen LogP contribution in [0.4, 0.5) is 29.5 Å². The molecule has 0 aliphatic carbocycles. The molecule has 3 amide bonds. The molecule has 0 spiro atoms. The van der Waals surface area contributed by atoms with Gasteiger partial charge in [-0.15, -0.1) is 0 Å². The Labute approximate surface area is 203 Å². The molecule has 35 heavy (non-hydrogen) atoms. The van der Waals surface area contributed by atoms with Gasteiger partial charge >= 0.3 is 6.18 Å². The van der Waals surface area contributed by atoms with E-state index in [9.17, 15) is 27.6 Å². The second-order valence-electron chi connectivity index (χ2n) is 7.95. The fourth-order valence-corrected chi connectivity index (χ4v) is 4.60. The number of anilines is 2. The first-order valence-corrected chi connectivity index (χ1v) is 11.6. The third kappa shape index (κ3) is 5.64. The van der Waals surface area contributed by atoms with Crippen LogP contribution >= 0.6 is 11.8 Å². The van der Waals surface area contributed by atoms with Crippen LogP contribution in [0.25, 0.3) is 6.08 Å². The van der Waals surface area contributed by atoms with Crippen molar-refractivity contribution in [2.24, 2.45) is 0 Å². The summed E-state index contributed by atoms with van der Waals surface area (Å²) in [5, 5.41) is 1.61. The van der Waals surface area contributed by atoms with Gasteiger partial charge in [0.25, 0.3) is 11.1 Å². The van der Waals surface area contributed by atoms with Crippen molar-refractivity contribution < 1.29 is 36.7 Å². The van der Waals surface area contributed by atoms with Crippen LogP contribution in [-0.4, -0.2) is 48.7 Å². The zero-order chi connectivity index (χ0) is 25.2. The van der Waals surface area contributed by atoms with E-state index in [1.807, 2.05) is 0 Å². The number of piperidine rings is 1. The second-order valence-corrected chi connectivity index (χ2v) is 8.95. The minimum absolute atomic E-state index is 0.00251. The van der Waals surface area contributed by atoms with Gasteiger partial charge in [-0.2, -0.15) is 13.2 Å². The summed E-state index contributed by atoms with van der Waals surface area (Å²) in [7, 11) is 1.24. The van der Waals surface area contributed by atoms with Gasteiger partial charge in [-0.25, -0.2) is 0 Å². The van der Waals surface area contributed by atoms with Gasteiger partial charge in [0.1, 0.15) is 18.1 Å². The van der Waals surface area contributed by atoms with Crippen molar-refractivity contribution in [3.05, 3.63) is 46.6 Å². The number of carbonyl (C=O) groups is 3. The highest BCUT2D eigenvalue weighted by Gasteiger charge is 2.37. The molecule has 2 aliphatic heterocycles. The summed E-state index contributed by atoms with van der Waals surface area (Å²) < 4.78 is 49.9. The topological polar surface area (TPSA) is 92.1 Å². The van der Waals surface area contributed by atoms with Crippen molar-refractivity contribution in [2.45, 2.75) is 25.4 Å². The number of halogens is 3. The predicted octanol–water partition coefficient (Wildman–Crippen LogP) is 4.97. The van der Waals surface area contributed by atoms with Gasteiger partial charge in [-0.1, -0.05) is 0 Å². The lowest BCUT2D eigenvalue weighted by atomic mass is 10.1. The van der Waals surface area contributed by atoms with Gasteiger partial charge in [0.15, 0.2) is 5.88 Å². The molecule has 3 heterocycles. The van der Waals surface area contributed by atoms with E-state index in [1.54, 1.807) is 12.1 Å². The standard InChI is InChI=1S/C23H22F3N3O5S/c1-33-17-7-5-14(23(24,25)26)11-16(17)27-19(30)13-29-21(31)18(35-22(29)32)12-15-6-8-20(34-15)28-9-3-2-4-10-28/h5-8,11-12H,2-4,9-10,13H2,1H3,(H,27,30)/b18-12-. The number of alkyl halides is 3. The Hall–Kier alpha value is -3.41. The van der Waals surface area contributed by atoms with Crippen LogP contribution in [-0.2, 0) is 15.8 Å². The zero-order valence-electron chi connectivity index (χ0n) is 18.7. The maximum Gasteiger partial charge on any atom is 0.416 e. The molecule has 1 aromatic heterocycles. The number of rotatable bonds is 6. The highest BCUT2D eigenvalue weighted by molar-refractivity contribution is 8.18. The van der Waals surface area contributed by atoms with Crippen LogP contribution in [0.3, 0.4) is 0 Å². The van der Waals surface area contributed by atoms with Crippen LogP contribution in [0.5, 0.6) is 5.75 Å². The van der Waals surface area contributed by atoms with Crippen molar-refractivity contribution in [2.75, 3.05) is 37.0 Å². The number of benzene rings is 1. The van der Waals surface area contributed by atoms with Gasteiger partial charge in [0.2, 0.25) is 5.91 Å². The van der Waals surface area contributed by atoms with Crippen molar-refractivity contribution in [3.63, 3.8) is 0 Å². The third-order valence-electron chi connectivity index (χ3n) is 5.53. The van der Waals surface area contributed by atoms with E-state index in [4.69, 9.17) is 9.15 Å². The lowest BCUT2D eigenvalue weighted by molar-refractivity contribution is -0.137. The Bertz CT molecular complexity index is 1170. The lowest BCUT2D eigenvalue weighted by Gasteiger charge is -2.25. The number of imide groups is 1. The Kier molecular flexibility index (Phi) is 7.10. The van der Waals surface area contributed by atoms with E-state index in [0.717, 1.165) is 49.0 Å². The summed E-state index contributed by atoms with van der Waals surface area (Å²) in [5.74, 6) is -0.458. The molecule has 4 rings (SSSR count). The lowest BCUT2D eigenvalue weighted by Crippen LogP contribution is -2.36. The minimum atomic E-state index is -4.62. The van der Waals surface area contributed by atoms with E-state index < -0.39 is 35.3 Å². The number of ether oxygens (including phenoxy) is 1. The summed E-state index contributed by atoms with van der Waals surface area (Å²) in [5.41, 5.74) is -1.21. The molecule has 2 aromatic rings. The fourth-order valence-electron chi connectivity index (χ4n) is 3.78. The molecule has 0 radical (unpaired) electrons. The Morgan fingerprint density at radius 2 is 1.91 bits per heavy atom. The first-order chi connectivity index (χ1) is 16.7. The maximum absolute atomic E-state index is 13.0. The van der Waals surface area contributed by atoms with E-state index in [2.05, 4.69) is 10.2 Å². The van der Waals surface area contributed by atoms with Gasteiger partial charge in [0.05, 0.1) is 23.3 Å². The first-order valence-electron chi connectivity index (χ1n) is 10.8. The van der Waals surface area contributed by atoms with Crippen LogP contribution < -0.4 is 15.0 Å². The average molecular weight is 510 g/mol. The molecule has 186 valence electrons. The number of methoxy groups -OCH3 is 1. The van der Waals surface area contributed by atoms with Crippen LogP contribution in [0.1, 0.15) is 30.6 Å². The van der Waals surface area contributed by atoms with Crippen molar-refractivity contribution in [1.82, 2.24) is 4.90 Å². The van der Waals surface area contributed by atoms with Gasteiger partial charge < -0.3 is 19.4 Å². The minimum Gasteiger partial charge on any atom is -0.495 e. The summed E-state index contributed by atoms with van der Waals surface area (Å²) in [6, 6.07) is 6.12. The number of hydrogen-bond acceptors (Lipinski definition) is 7. The monoisotopic (exact) mass is 509 g/mol. The second kappa shape index (κ2) is 10.1. The zero-order valence-corrected chi connectivity index (χ0v) is 19.5. The third-order valence-corrected chi connectivity index (χ3v) is 6.44. The summed E-state index contributed by atoms with van der Waals surface area (Å²) in [6.45, 7) is 1.10. The largest absolute Gasteiger partial charge is 0.495 e. The molecule has 1 aromatic carbocycles. The molecule has 0 saturated carbocycles. The van der Waals surface area contributed by atoms with Gasteiger partial charge in [0, 0.05) is 25.2 Å². The molecule has 0 atom stereocenters. The number of nitrogens with zero attached hydrogens (tertiary/aromatic N) is 2. The molecule has 12 heteroatoms. The smallest absolute Gasteiger partial charge is 0.416 e. The van der Waals surface area contributed by atoms with Crippen molar-refractivity contribution in [3.8, 4) is 5.75 Å². The molecule has 0 bridgehead atoms. The van der Waals surface area contributed by atoms with E-state index in [-0.39, 0.29) is 16.3 Å². The molecule has 1 N–H and O–H groups in total. The summed E-state index contributed by atoms with van der Waals surface area (Å²) in [4.78, 5) is 40.5. The Morgan fingerprint density at radius 1 is 1.17 bits per heavy atom. The molecule has 0 unspecified atom stereocenters. The number of thioether (sulfide) groups is 1. The number of carbonyl (C=O) groups excluding carboxylic acids is 3. The maximum atomic E-state index is 13.0. The van der Waals surface area contributed by atoms with Crippen LogP contribution in [0, 0.1) is 0 Å². The molecule has 8 nitrogen and oxygen atoms in total. The van der Waals surface area contributed by atoms with E-state index in [0.29, 0.717) is 23.4 Å². The number of furan rings is 1. The van der Waals surface area contributed by atoms with Crippen molar-refractivity contribution in [1.29, 1.82) is 0 Å². The van der Waals surface area contributed by atoms with E-state index >= 15 is 0 Å². The molecular formula is C23H22F3N3O5S. The molecule has 2 saturated heterocycles. The Balaban J connectivity index is 1.44. The Morgan fingerprint density at radius 3 is 2.60 bits per heavy atom.